The van der Waals surface area contributed by atoms with E-state index in [-0.39, 0.29) is 10.0 Å². The molecule has 0 aliphatic carbocycles. The average molecular weight is 353 g/mol. The van der Waals surface area contributed by atoms with Gasteiger partial charge in [0.05, 0.1) is 16.0 Å². The zero-order valence-corrected chi connectivity index (χ0v) is 13.6. The van der Waals surface area contributed by atoms with E-state index in [1.54, 1.807) is 18.3 Å². The molecule has 6 heteroatoms. The highest BCUT2D eigenvalue weighted by molar-refractivity contribution is 6.31. The van der Waals surface area contributed by atoms with E-state index in [0.717, 1.165) is 5.69 Å². The monoisotopic (exact) mass is 352 g/mol. The molecule has 0 aliphatic rings. The number of nitrogens with zero attached hydrogens (tertiary/aromatic N) is 1. The smallest absolute Gasteiger partial charge is 0.142 e. The number of hydrogen-bond acceptors (Lipinski definition) is 1. The Morgan fingerprint density at radius 2 is 1.48 bits per heavy atom. The van der Waals surface area contributed by atoms with Crippen LogP contribution in [0.4, 0.5) is 8.78 Å². The number of aromatic amines is 1. The molecule has 0 spiro atoms. The van der Waals surface area contributed by atoms with E-state index >= 15 is 0 Å². The van der Waals surface area contributed by atoms with Crippen LogP contribution in [0.1, 0.15) is 28.6 Å². The van der Waals surface area contributed by atoms with Crippen molar-refractivity contribution >= 4 is 23.2 Å². The molecule has 1 aromatic heterocycles. The van der Waals surface area contributed by atoms with Crippen LogP contribution >= 0.6 is 23.2 Å². The first-order valence-electron chi connectivity index (χ1n) is 6.87. The van der Waals surface area contributed by atoms with E-state index in [9.17, 15) is 8.78 Å². The number of halogens is 4. The van der Waals surface area contributed by atoms with Crippen molar-refractivity contribution in [2.45, 2.75) is 12.8 Å². The third-order valence-corrected chi connectivity index (χ3v) is 4.16. The van der Waals surface area contributed by atoms with Gasteiger partial charge < -0.3 is 4.98 Å². The van der Waals surface area contributed by atoms with Crippen molar-refractivity contribution in [3.05, 3.63) is 86.9 Å². The van der Waals surface area contributed by atoms with Gasteiger partial charge in [-0.25, -0.2) is 13.8 Å². The molecule has 1 N–H and O–H groups in total. The fraction of sp³-hybridized carbons (Fsp3) is 0.118. The summed E-state index contributed by atoms with van der Waals surface area (Å²) in [5.41, 5.74) is 2.08. The summed E-state index contributed by atoms with van der Waals surface area (Å²) in [4.78, 5) is 7.43. The van der Waals surface area contributed by atoms with Crippen molar-refractivity contribution in [2.24, 2.45) is 0 Å². The van der Waals surface area contributed by atoms with E-state index in [2.05, 4.69) is 9.97 Å². The topological polar surface area (TPSA) is 28.7 Å². The van der Waals surface area contributed by atoms with Crippen molar-refractivity contribution in [2.75, 3.05) is 0 Å². The predicted octanol–water partition coefficient (Wildman–Crippen LogP) is 5.48. The van der Waals surface area contributed by atoms with Crippen LogP contribution in [-0.2, 0) is 0 Å². The maximum Gasteiger partial charge on any atom is 0.142 e. The number of aromatic nitrogens is 2. The van der Waals surface area contributed by atoms with E-state index in [1.165, 1.54) is 24.3 Å². The lowest BCUT2D eigenvalue weighted by Crippen LogP contribution is -2.06. The van der Waals surface area contributed by atoms with Gasteiger partial charge in [0.2, 0.25) is 0 Å². The Morgan fingerprint density at radius 1 is 0.957 bits per heavy atom. The molecule has 3 rings (SSSR count). The summed E-state index contributed by atoms with van der Waals surface area (Å²) in [7, 11) is 0. The first-order valence-corrected chi connectivity index (χ1v) is 7.62. The molecule has 0 fully saturated rings. The molecule has 0 saturated heterocycles. The van der Waals surface area contributed by atoms with Crippen LogP contribution in [0.2, 0.25) is 10.0 Å². The second-order valence-electron chi connectivity index (χ2n) is 5.23. The summed E-state index contributed by atoms with van der Waals surface area (Å²) in [6.07, 6.45) is 1.67. The normalized spacial score (nSPS) is 11.2. The summed E-state index contributed by atoms with van der Waals surface area (Å²) in [6, 6.07) is 9.00. The van der Waals surface area contributed by atoms with Crippen LogP contribution in [-0.4, -0.2) is 9.97 Å². The first kappa shape index (κ1) is 16.0. The Hall–Kier alpha value is -1.91. The van der Waals surface area contributed by atoms with E-state index in [0.29, 0.717) is 17.0 Å². The molecule has 2 nitrogen and oxygen atoms in total. The standard InChI is InChI=1S/C17H12Cl2F2N2/c1-9-8-22-17(23-9)16(10-2-4-12(18)14(20)6-10)11-3-5-13(19)15(21)7-11/h2-8,16H,1H3,(H,22,23). The molecule has 118 valence electrons. The van der Waals surface area contributed by atoms with Gasteiger partial charge in [-0.3, -0.25) is 0 Å². The fourth-order valence-corrected chi connectivity index (χ4v) is 2.71. The van der Waals surface area contributed by atoms with Gasteiger partial charge in [0, 0.05) is 11.9 Å². The highest BCUT2D eigenvalue weighted by Crippen LogP contribution is 2.33. The number of aryl methyl sites for hydroxylation is 1. The van der Waals surface area contributed by atoms with Gasteiger partial charge in [0.25, 0.3) is 0 Å². The Bertz CT molecular complexity index is 810. The quantitative estimate of drug-likeness (QED) is 0.663. The third-order valence-electron chi connectivity index (χ3n) is 3.55. The molecule has 2 aromatic carbocycles. The number of nitrogens with one attached hydrogen (secondary N) is 1. The number of imidazole rings is 1. The molecular formula is C17H12Cl2F2N2. The van der Waals surface area contributed by atoms with Gasteiger partial charge in [0.15, 0.2) is 0 Å². The number of hydrogen-bond donors (Lipinski definition) is 1. The van der Waals surface area contributed by atoms with Crippen LogP contribution < -0.4 is 0 Å². The second kappa shape index (κ2) is 6.30. The minimum Gasteiger partial charge on any atom is -0.345 e. The van der Waals surface area contributed by atoms with Gasteiger partial charge >= 0.3 is 0 Å². The summed E-state index contributed by atoms with van der Waals surface area (Å²) in [5.74, 6) is -0.938. The largest absolute Gasteiger partial charge is 0.345 e. The molecule has 0 saturated carbocycles. The lowest BCUT2D eigenvalue weighted by molar-refractivity contribution is 0.621. The van der Waals surface area contributed by atoms with E-state index in [4.69, 9.17) is 23.2 Å². The maximum absolute atomic E-state index is 13.9. The van der Waals surface area contributed by atoms with Crippen molar-refractivity contribution in [1.82, 2.24) is 9.97 Å². The number of benzene rings is 2. The highest BCUT2D eigenvalue weighted by atomic mass is 35.5. The Balaban J connectivity index is 2.17. The molecule has 0 radical (unpaired) electrons. The van der Waals surface area contributed by atoms with Gasteiger partial charge in [0.1, 0.15) is 17.5 Å². The third kappa shape index (κ3) is 3.23. The van der Waals surface area contributed by atoms with Crippen LogP contribution in [0.5, 0.6) is 0 Å². The van der Waals surface area contributed by atoms with Crippen LogP contribution in [0.25, 0.3) is 0 Å². The fourth-order valence-electron chi connectivity index (χ4n) is 2.47. The summed E-state index contributed by atoms with van der Waals surface area (Å²) in [5, 5.41) is 0.0656. The van der Waals surface area contributed by atoms with Gasteiger partial charge in [-0.15, -0.1) is 0 Å². The van der Waals surface area contributed by atoms with Crippen molar-refractivity contribution in [3.8, 4) is 0 Å². The second-order valence-corrected chi connectivity index (χ2v) is 6.05. The lowest BCUT2D eigenvalue weighted by atomic mass is 9.90. The first-order chi connectivity index (χ1) is 11.0. The van der Waals surface area contributed by atoms with Gasteiger partial charge in [-0.1, -0.05) is 35.3 Å². The average Bonchev–Trinajstić information content (AvgIpc) is 2.93. The maximum atomic E-state index is 13.9. The number of rotatable bonds is 3. The zero-order chi connectivity index (χ0) is 16.6. The van der Waals surface area contributed by atoms with Crippen LogP contribution in [0.3, 0.4) is 0 Å². The molecule has 0 amide bonds. The summed E-state index contributed by atoms with van der Waals surface area (Å²) < 4.78 is 27.7. The van der Waals surface area contributed by atoms with Crippen LogP contribution in [0, 0.1) is 18.6 Å². The predicted molar refractivity (Wildman–Crippen MR) is 87.1 cm³/mol. The summed E-state index contributed by atoms with van der Waals surface area (Å²) in [6.45, 7) is 1.86. The van der Waals surface area contributed by atoms with E-state index < -0.39 is 17.6 Å². The van der Waals surface area contributed by atoms with Crippen LogP contribution in [0.15, 0.2) is 42.6 Å². The van der Waals surface area contributed by atoms with Crippen molar-refractivity contribution in [1.29, 1.82) is 0 Å². The Kier molecular flexibility index (Phi) is 4.37. The molecule has 3 aromatic rings. The minimum absolute atomic E-state index is 0.0328. The Labute approximate surface area is 142 Å². The molecule has 0 bridgehead atoms. The van der Waals surface area contributed by atoms with Crippen molar-refractivity contribution < 1.29 is 8.78 Å². The minimum atomic E-state index is -0.535. The lowest BCUT2D eigenvalue weighted by Gasteiger charge is -2.17. The highest BCUT2D eigenvalue weighted by Gasteiger charge is 2.22. The van der Waals surface area contributed by atoms with E-state index in [1.807, 2.05) is 6.92 Å². The Morgan fingerprint density at radius 3 is 1.87 bits per heavy atom. The van der Waals surface area contributed by atoms with Crippen molar-refractivity contribution in [3.63, 3.8) is 0 Å². The summed E-state index contributed by atoms with van der Waals surface area (Å²) >= 11 is 11.5. The molecule has 0 aliphatic heterocycles. The molecular weight excluding hydrogens is 341 g/mol. The SMILES string of the molecule is Cc1cnc(C(c2ccc(Cl)c(F)c2)c2ccc(Cl)c(F)c2)[nH]1. The number of H-pyrrole nitrogens is 1. The van der Waals surface area contributed by atoms with Gasteiger partial charge in [-0.2, -0.15) is 0 Å². The van der Waals surface area contributed by atoms with Gasteiger partial charge in [-0.05, 0) is 42.3 Å². The molecule has 0 atom stereocenters. The molecule has 1 heterocycles. The zero-order valence-electron chi connectivity index (χ0n) is 12.1. The molecule has 0 unspecified atom stereocenters. The molecule has 23 heavy (non-hydrogen) atoms.